The SMILES string of the molecule is N.N.N.N.N.N.[Pt]. The Bertz CT molecular complexity index is 4.14. The molecule has 7 heavy (non-hydrogen) atoms. The molecule has 0 aliphatic heterocycles. The van der Waals surface area contributed by atoms with E-state index < -0.39 is 0 Å². The molecule has 0 aromatic carbocycles. The summed E-state index contributed by atoms with van der Waals surface area (Å²) < 4.78 is 0. The first-order valence-corrected chi connectivity index (χ1v) is 0. The summed E-state index contributed by atoms with van der Waals surface area (Å²) in [5.41, 5.74) is 0. The van der Waals surface area contributed by atoms with Crippen LogP contribution in [0.3, 0.4) is 0 Å². The summed E-state index contributed by atoms with van der Waals surface area (Å²) in [6, 6.07) is 0. The molecule has 0 fully saturated rings. The summed E-state index contributed by atoms with van der Waals surface area (Å²) in [7, 11) is 0. The van der Waals surface area contributed by atoms with Crippen LogP contribution in [0.1, 0.15) is 0 Å². The monoisotopic (exact) mass is 297 g/mol. The molecule has 18 N–H and O–H groups in total. The van der Waals surface area contributed by atoms with E-state index in [1.165, 1.54) is 0 Å². The quantitative estimate of drug-likeness (QED) is 0.383. The third-order valence-electron chi connectivity index (χ3n) is 0. The maximum atomic E-state index is 0. The standard InChI is InChI=1S/6H3N.Pt/h6*1H3;. The number of hydrogen-bond donors (Lipinski definition) is 6. The predicted molar refractivity (Wildman–Crippen MR) is 30.1 cm³/mol. The Morgan fingerprint density at radius 2 is 0.286 bits per heavy atom. The van der Waals surface area contributed by atoms with Gasteiger partial charge in [-0.3, -0.25) is 0 Å². The molecule has 0 saturated carbocycles. The van der Waals surface area contributed by atoms with Crippen LogP contribution in [-0.4, -0.2) is 0 Å². The Labute approximate surface area is 58.6 Å². The first-order valence-electron chi connectivity index (χ1n) is 0. The smallest absolute Gasteiger partial charge is 0 e. The van der Waals surface area contributed by atoms with Gasteiger partial charge in [0, 0.05) is 21.1 Å². The Hall–Kier alpha value is 0.448. The molecule has 0 aliphatic rings. The molecule has 0 saturated heterocycles. The molecule has 0 rings (SSSR count). The molecule has 0 amide bonds. The van der Waals surface area contributed by atoms with Crippen LogP contribution in [-0.2, 0) is 21.1 Å². The fourth-order valence-corrected chi connectivity index (χ4v) is 0. The second kappa shape index (κ2) is 952. The van der Waals surface area contributed by atoms with Crippen LogP contribution < -0.4 is 36.9 Å². The van der Waals surface area contributed by atoms with Gasteiger partial charge in [-0.2, -0.15) is 0 Å². The van der Waals surface area contributed by atoms with Crippen molar-refractivity contribution in [2.45, 2.75) is 0 Å². The van der Waals surface area contributed by atoms with Gasteiger partial charge < -0.3 is 36.9 Å². The van der Waals surface area contributed by atoms with Crippen LogP contribution in [0, 0.1) is 0 Å². The maximum Gasteiger partial charge on any atom is 0 e. The summed E-state index contributed by atoms with van der Waals surface area (Å²) in [4.78, 5) is 0. The van der Waals surface area contributed by atoms with Crippen molar-refractivity contribution < 1.29 is 21.1 Å². The molecule has 0 aliphatic carbocycles. The van der Waals surface area contributed by atoms with Gasteiger partial charge >= 0.3 is 0 Å². The molecule has 0 radical (unpaired) electrons. The molecule has 0 spiro atoms. The first-order chi connectivity index (χ1) is 0. The zero-order chi connectivity index (χ0) is 0. The van der Waals surface area contributed by atoms with Gasteiger partial charge in [0.25, 0.3) is 0 Å². The van der Waals surface area contributed by atoms with Crippen molar-refractivity contribution in [2.75, 3.05) is 0 Å². The largest absolute Gasteiger partial charge is 0.344 e. The average Bonchev–Trinajstić information content (AvgIpc) is 0. The molecule has 6 nitrogen and oxygen atoms in total. The normalized spacial score (nSPS) is 0. The zero-order valence-electron chi connectivity index (χ0n) is 4.56. The Balaban J connectivity index is 0. The van der Waals surface area contributed by atoms with Crippen molar-refractivity contribution in [3.05, 3.63) is 0 Å². The summed E-state index contributed by atoms with van der Waals surface area (Å²) in [6.07, 6.45) is 0. The van der Waals surface area contributed by atoms with E-state index in [9.17, 15) is 0 Å². The van der Waals surface area contributed by atoms with Gasteiger partial charge in [0.2, 0.25) is 0 Å². The summed E-state index contributed by atoms with van der Waals surface area (Å²) in [5.74, 6) is 0. The molecule has 0 heterocycles. The minimum Gasteiger partial charge on any atom is -0.344 e. The van der Waals surface area contributed by atoms with E-state index >= 15 is 0 Å². The molecule has 0 bridgehead atoms. The third-order valence-corrected chi connectivity index (χ3v) is 0. The van der Waals surface area contributed by atoms with E-state index in [1.807, 2.05) is 0 Å². The first kappa shape index (κ1) is 1540. The van der Waals surface area contributed by atoms with Crippen LogP contribution in [0.25, 0.3) is 0 Å². The minimum atomic E-state index is 0. The van der Waals surface area contributed by atoms with Gasteiger partial charge in [0.15, 0.2) is 0 Å². The van der Waals surface area contributed by atoms with Gasteiger partial charge in [-0.25, -0.2) is 0 Å². The van der Waals surface area contributed by atoms with Crippen LogP contribution >= 0.6 is 0 Å². The second-order valence-corrected chi connectivity index (χ2v) is 0. The van der Waals surface area contributed by atoms with Crippen molar-refractivity contribution in [2.24, 2.45) is 0 Å². The van der Waals surface area contributed by atoms with Crippen molar-refractivity contribution in [3.8, 4) is 0 Å². The van der Waals surface area contributed by atoms with E-state index in [0.717, 1.165) is 0 Å². The minimum absolute atomic E-state index is 0. The van der Waals surface area contributed by atoms with E-state index in [2.05, 4.69) is 0 Å². The van der Waals surface area contributed by atoms with Crippen molar-refractivity contribution >= 4 is 0 Å². The average molecular weight is 297 g/mol. The van der Waals surface area contributed by atoms with E-state index in [-0.39, 0.29) is 58.0 Å². The summed E-state index contributed by atoms with van der Waals surface area (Å²) in [5, 5.41) is 0. The molecule has 0 atom stereocenters. The zero-order valence-corrected chi connectivity index (χ0v) is 6.83. The van der Waals surface area contributed by atoms with Crippen molar-refractivity contribution in [1.82, 2.24) is 36.9 Å². The number of hydrogen-bond acceptors (Lipinski definition) is 6. The fraction of sp³-hybridized carbons (Fsp3) is 0. The van der Waals surface area contributed by atoms with Gasteiger partial charge in [-0.05, 0) is 0 Å². The van der Waals surface area contributed by atoms with E-state index in [0.29, 0.717) is 0 Å². The fourth-order valence-electron chi connectivity index (χ4n) is 0. The van der Waals surface area contributed by atoms with Crippen molar-refractivity contribution in [3.63, 3.8) is 0 Å². The molecule has 0 aromatic heterocycles. The second-order valence-electron chi connectivity index (χ2n) is 0. The molecule has 0 unspecified atom stereocenters. The van der Waals surface area contributed by atoms with Gasteiger partial charge in [0.05, 0.1) is 0 Å². The predicted octanol–water partition coefficient (Wildman–Crippen LogP) is 0.969. The van der Waals surface area contributed by atoms with Crippen LogP contribution in [0.2, 0.25) is 0 Å². The van der Waals surface area contributed by atoms with Crippen LogP contribution in [0.15, 0.2) is 0 Å². The van der Waals surface area contributed by atoms with Crippen LogP contribution in [0.4, 0.5) is 0 Å². The summed E-state index contributed by atoms with van der Waals surface area (Å²) >= 11 is 0. The van der Waals surface area contributed by atoms with Crippen LogP contribution in [0.5, 0.6) is 0 Å². The summed E-state index contributed by atoms with van der Waals surface area (Å²) in [6.45, 7) is 0. The topological polar surface area (TPSA) is 210 Å². The van der Waals surface area contributed by atoms with Gasteiger partial charge in [0.1, 0.15) is 0 Å². The number of rotatable bonds is 0. The molecule has 58 valence electrons. The van der Waals surface area contributed by atoms with Gasteiger partial charge in [-0.15, -0.1) is 0 Å². The molecule has 0 aromatic rings. The van der Waals surface area contributed by atoms with E-state index in [4.69, 9.17) is 0 Å². The van der Waals surface area contributed by atoms with Gasteiger partial charge in [-0.1, -0.05) is 0 Å². The Morgan fingerprint density at radius 3 is 0.286 bits per heavy atom. The van der Waals surface area contributed by atoms with E-state index in [1.54, 1.807) is 0 Å². The molecular formula is H18N6Pt. The third kappa shape index (κ3) is 635. The molecule has 7 heteroatoms. The van der Waals surface area contributed by atoms with Crippen molar-refractivity contribution in [1.29, 1.82) is 0 Å². The Morgan fingerprint density at radius 1 is 0.286 bits per heavy atom. The Kier molecular flexibility index (Phi) is 210000. The molecular weight excluding hydrogens is 279 g/mol. The maximum absolute atomic E-state index is 0.